The largest absolute Gasteiger partial charge is 0.324 e. The maximum atomic E-state index is 11.8. The SMILES string of the molecule is CCC(CC)c1nnc(NC(=O)N2CC(C)C2)s1. The molecule has 18 heavy (non-hydrogen) atoms. The number of urea groups is 1. The number of amides is 2. The highest BCUT2D eigenvalue weighted by molar-refractivity contribution is 7.15. The van der Waals surface area contributed by atoms with Crippen LogP contribution < -0.4 is 5.32 Å². The van der Waals surface area contributed by atoms with Crippen LogP contribution in [0.25, 0.3) is 0 Å². The van der Waals surface area contributed by atoms with Crippen LogP contribution in [0.2, 0.25) is 0 Å². The Kier molecular flexibility index (Phi) is 4.16. The average Bonchev–Trinajstić information content (AvgIpc) is 2.75. The Morgan fingerprint density at radius 2 is 2.11 bits per heavy atom. The van der Waals surface area contributed by atoms with E-state index >= 15 is 0 Å². The van der Waals surface area contributed by atoms with Gasteiger partial charge in [0.1, 0.15) is 5.01 Å². The maximum Gasteiger partial charge on any atom is 0.323 e. The Morgan fingerprint density at radius 3 is 2.67 bits per heavy atom. The van der Waals surface area contributed by atoms with Crippen molar-refractivity contribution in [2.45, 2.75) is 39.5 Å². The number of likely N-dealkylation sites (tertiary alicyclic amines) is 1. The predicted octanol–water partition coefficient (Wildman–Crippen LogP) is 2.93. The Morgan fingerprint density at radius 1 is 1.44 bits per heavy atom. The van der Waals surface area contributed by atoms with Crippen LogP contribution in [0, 0.1) is 5.92 Å². The number of hydrogen-bond acceptors (Lipinski definition) is 4. The fraction of sp³-hybridized carbons (Fsp3) is 0.750. The molecule has 2 amide bonds. The van der Waals surface area contributed by atoms with Crippen LogP contribution in [0.15, 0.2) is 0 Å². The van der Waals surface area contributed by atoms with Crippen LogP contribution in [0.4, 0.5) is 9.93 Å². The zero-order chi connectivity index (χ0) is 13.1. The Labute approximate surface area is 112 Å². The second kappa shape index (κ2) is 5.65. The zero-order valence-corrected chi connectivity index (χ0v) is 12.0. The van der Waals surface area contributed by atoms with E-state index in [0.717, 1.165) is 30.9 Å². The van der Waals surface area contributed by atoms with Crippen LogP contribution in [-0.4, -0.2) is 34.2 Å². The van der Waals surface area contributed by atoms with E-state index in [2.05, 4.69) is 36.3 Å². The predicted molar refractivity (Wildman–Crippen MR) is 73.0 cm³/mol. The third kappa shape index (κ3) is 2.80. The zero-order valence-electron chi connectivity index (χ0n) is 11.1. The van der Waals surface area contributed by atoms with E-state index in [1.54, 1.807) is 4.90 Å². The normalized spacial score (nSPS) is 15.9. The topological polar surface area (TPSA) is 58.1 Å². The van der Waals surface area contributed by atoms with Gasteiger partial charge in [0.2, 0.25) is 5.13 Å². The minimum absolute atomic E-state index is 0.0552. The average molecular weight is 268 g/mol. The second-order valence-electron chi connectivity index (χ2n) is 4.90. The molecular weight excluding hydrogens is 248 g/mol. The van der Waals surface area contributed by atoms with Crippen molar-refractivity contribution in [1.29, 1.82) is 0 Å². The van der Waals surface area contributed by atoms with Crippen LogP contribution in [-0.2, 0) is 0 Å². The van der Waals surface area contributed by atoms with E-state index < -0.39 is 0 Å². The summed E-state index contributed by atoms with van der Waals surface area (Å²) >= 11 is 1.49. The summed E-state index contributed by atoms with van der Waals surface area (Å²) < 4.78 is 0. The quantitative estimate of drug-likeness (QED) is 0.913. The molecule has 5 nitrogen and oxygen atoms in total. The van der Waals surface area contributed by atoms with Crippen molar-refractivity contribution in [1.82, 2.24) is 15.1 Å². The summed E-state index contributed by atoms with van der Waals surface area (Å²) in [5.74, 6) is 1.07. The molecule has 2 rings (SSSR count). The highest BCUT2D eigenvalue weighted by Crippen LogP contribution is 2.28. The van der Waals surface area contributed by atoms with Gasteiger partial charge in [0.15, 0.2) is 0 Å². The molecule has 1 saturated heterocycles. The molecule has 1 fully saturated rings. The van der Waals surface area contributed by atoms with Crippen molar-refractivity contribution < 1.29 is 4.79 Å². The standard InChI is InChI=1S/C12H20N4OS/c1-4-9(5-2)10-14-15-11(18-10)13-12(17)16-6-8(3)7-16/h8-9H,4-7H2,1-3H3,(H,13,15,17). The number of carbonyl (C=O) groups excluding carboxylic acids is 1. The van der Waals surface area contributed by atoms with Gasteiger partial charge in [0.05, 0.1) is 0 Å². The summed E-state index contributed by atoms with van der Waals surface area (Å²) in [7, 11) is 0. The molecule has 0 aromatic carbocycles. The molecule has 0 aliphatic carbocycles. The van der Waals surface area contributed by atoms with Crippen molar-refractivity contribution in [3.63, 3.8) is 0 Å². The number of aromatic nitrogens is 2. The van der Waals surface area contributed by atoms with Gasteiger partial charge in [-0.15, -0.1) is 10.2 Å². The number of rotatable bonds is 4. The number of nitrogens with zero attached hydrogens (tertiary/aromatic N) is 3. The summed E-state index contributed by atoms with van der Waals surface area (Å²) in [5, 5.41) is 12.7. The van der Waals surface area contributed by atoms with Gasteiger partial charge in [-0.3, -0.25) is 5.32 Å². The van der Waals surface area contributed by atoms with Gasteiger partial charge >= 0.3 is 6.03 Å². The molecule has 2 heterocycles. The van der Waals surface area contributed by atoms with Gasteiger partial charge in [-0.05, 0) is 18.8 Å². The smallest absolute Gasteiger partial charge is 0.323 e. The molecule has 1 aliphatic heterocycles. The summed E-state index contributed by atoms with van der Waals surface area (Å²) in [5.41, 5.74) is 0. The minimum atomic E-state index is -0.0552. The molecular formula is C12H20N4OS. The second-order valence-corrected chi connectivity index (χ2v) is 5.91. The van der Waals surface area contributed by atoms with E-state index in [0.29, 0.717) is 17.0 Å². The van der Waals surface area contributed by atoms with E-state index in [9.17, 15) is 4.79 Å². The molecule has 0 unspecified atom stereocenters. The van der Waals surface area contributed by atoms with E-state index in [1.807, 2.05) is 0 Å². The summed E-state index contributed by atoms with van der Waals surface area (Å²) in [6, 6.07) is -0.0552. The number of anilines is 1. The lowest BCUT2D eigenvalue weighted by molar-refractivity contribution is 0.140. The van der Waals surface area contributed by atoms with Crippen LogP contribution in [0.1, 0.15) is 44.5 Å². The molecule has 0 bridgehead atoms. The number of carbonyl (C=O) groups is 1. The molecule has 100 valence electrons. The van der Waals surface area contributed by atoms with Crippen LogP contribution in [0.5, 0.6) is 0 Å². The summed E-state index contributed by atoms with van der Waals surface area (Å²) in [6.07, 6.45) is 2.12. The van der Waals surface area contributed by atoms with E-state index in [-0.39, 0.29) is 6.03 Å². The van der Waals surface area contributed by atoms with E-state index in [1.165, 1.54) is 11.3 Å². The first-order valence-corrected chi connectivity index (χ1v) is 7.35. The third-order valence-electron chi connectivity index (χ3n) is 3.34. The Hall–Kier alpha value is -1.17. The number of nitrogens with one attached hydrogen (secondary N) is 1. The molecule has 0 atom stereocenters. The van der Waals surface area contributed by atoms with Gasteiger partial charge in [-0.2, -0.15) is 0 Å². The fourth-order valence-electron chi connectivity index (χ4n) is 2.12. The fourth-order valence-corrected chi connectivity index (χ4v) is 3.12. The number of hydrogen-bond donors (Lipinski definition) is 1. The molecule has 6 heteroatoms. The highest BCUT2D eigenvalue weighted by Gasteiger charge is 2.27. The van der Waals surface area contributed by atoms with Crippen molar-refractivity contribution >= 4 is 22.5 Å². The highest BCUT2D eigenvalue weighted by atomic mass is 32.1. The Balaban J connectivity index is 1.92. The van der Waals surface area contributed by atoms with Gasteiger partial charge < -0.3 is 4.90 Å². The van der Waals surface area contributed by atoms with Crippen molar-refractivity contribution in [3.8, 4) is 0 Å². The molecule has 0 spiro atoms. The van der Waals surface area contributed by atoms with Crippen molar-refractivity contribution in [3.05, 3.63) is 5.01 Å². The minimum Gasteiger partial charge on any atom is -0.324 e. The van der Waals surface area contributed by atoms with Crippen LogP contribution in [0.3, 0.4) is 0 Å². The molecule has 1 aromatic rings. The lowest BCUT2D eigenvalue weighted by atomic mass is 10.0. The molecule has 0 saturated carbocycles. The maximum absolute atomic E-state index is 11.8. The first-order valence-electron chi connectivity index (χ1n) is 6.53. The summed E-state index contributed by atoms with van der Waals surface area (Å²) in [4.78, 5) is 13.6. The molecule has 0 radical (unpaired) electrons. The van der Waals surface area contributed by atoms with Gasteiger partial charge in [0.25, 0.3) is 0 Å². The Bertz CT molecular complexity index is 410. The third-order valence-corrected chi connectivity index (χ3v) is 4.34. The van der Waals surface area contributed by atoms with Gasteiger partial charge in [0, 0.05) is 19.0 Å². The van der Waals surface area contributed by atoms with Gasteiger partial charge in [-0.25, -0.2) is 4.79 Å². The lowest BCUT2D eigenvalue weighted by Crippen LogP contribution is -2.50. The first kappa shape index (κ1) is 13.3. The first-order chi connectivity index (χ1) is 8.63. The molecule has 1 aliphatic rings. The monoisotopic (exact) mass is 268 g/mol. The molecule has 1 aromatic heterocycles. The lowest BCUT2D eigenvalue weighted by Gasteiger charge is -2.36. The van der Waals surface area contributed by atoms with E-state index in [4.69, 9.17) is 0 Å². The van der Waals surface area contributed by atoms with Crippen LogP contribution >= 0.6 is 11.3 Å². The molecule has 1 N–H and O–H groups in total. The van der Waals surface area contributed by atoms with Crippen molar-refractivity contribution in [2.75, 3.05) is 18.4 Å². The van der Waals surface area contributed by atoms with Crippen molar-refractivity contribution in [2.24, 2.45) is 5.92 Å². The van der Waals surface area contributed by atoms with Gasteiger partial charge in [-0.1, -0.05) is 32.1 Å². The summed E-state index contributed by atoms with van der Waals surface area (Å²) in [6.45, 7) is 8.11.